The molecule has 0 fully saturated rings. The van der Waals surface area contributed by atoms with Crippen molar-refractivity contribution in [2.24, 2.45) is 12.0 Å². The van der Waals surface area contributed by atoms with E-state index in [0.717, 1.165) is 67.4 Å². The van der Waals surface area contributed by atoms with Crippen LogP contribution in [0.5, 0.6) is 0 Å². The summed E-state index contributed by atoms with van der Waals surface area (Å²) < 4.78 is 1.76. The average molecular weight is 818 g/mol. The average Bonchev–Trinajstić information content (AvgIpc) is 4.10. The number of rotatable bonds is 10. The maximum atomic E-state index is 4.53. The Hall–Kier alpha value is -7.24. The molecule has 7 aromatic heterocycles. The van der Waals surface area contributed by atoms with Crippen molar-refractivity contribution < 1.29 is 0 Å². The number of aromatic amines is 2. The van der Waals surface area contributed by atoms with Crippen molar-refractivity contribution in [3.63, 3.8) is 0 Å². The number of benzene rings is 2. The van der Waals surface area contributed by atoms with Gasteiger partial charge in [0, 0.05) is 41.4 Å². The second-order valence-corrected chi connectivity index (χ2v) is 15.6. The van der Waals surface area contributed by atoms with Crippen LogP contribution in [-0.2, 0) is 7.05 Å². The topological polar surface area (TPSA) is 170 Å². The highest BCUT2D eigenvalue weighted by Gasteiger charge is 2.20. The van der Waals surface area contributed by atoms with Gasteiger partial charge in [0.1, 0.15) is 30.0 Å². The van der Waals surface area contributed by atoms with Gasteiger partial charge in [-0.3, -0.25) is 19.9 Å². The van der Waals surface area contributed by atoms with E-state index in [1.807, 2.05) is 59.7 Å². The predicted octanol–water partition coefficient (Wildman–Crippen LogP) is 8.54. The van der Waals surface area contributed by atoms with Crippen molar-refractivity contribution in [2.45, 2.75) is 0 Å². The zero-order valence-electron chi connectivity index (χ0n) is 32.8. The van der Waals surface area contributed by atoms with Crippen molar-refractivity contribution in [1.82, 2.24) is 50.1 Å². The molecule has 0 bridgehead atoms. The van der Waals surface area contributed by atoms with Gasteiger partial charge in [0.05, 0.1) is 57.2 Å². The van der Waals surface area contributed by atoms with Gasteiger partial charge >= 0.3 is 0 Å². The highest BCUT2D eigenvalue weighted by molar-refractivity contribution is 7.08. The van der Waals surface area contributed by atoms with Gasteiger partial charge in [-0.05, 0) is 92.3 Å². The summed E-state index contributed by atoms with van der Waals surface area (Å²) in [6, 6.07) is 19.0. The quantitative estimate of drug-likeness (QED) is 0.104. The maximum absolute atomic E-state index is 4.53. The molecule has 59 heavy (non-hydrogen) atoms. The molecular weight excluding hydrogens is 779 g/mol. The molecule has 2 aromatic carbocycles. The minimum atomic E-state index is 0.591. The number of aryl methyl sites for hydroxylation is 1. The SMILES string of the molecule is CN(C)c1ccc(-c2ccsc2)cc1Nc1ncnc2n[nH]c(-c3ccn(C)n3)c12.CN(C)c1ccc(-c2ccsc2)cc1Nc1ncnc2n[nH]c(C3=NCC=C3)c12. The minimum absolute atomic E-state index is 0.591. The first-order valence-electron chi connectivity index (χ1n) is 18.6. The summed E-state index contributed by atoms with van der Waals surface area (Å²) >= 11 is 3.38. The van der Waals surface area contributed by atoms with E-state index in [1.165, 1.54) is 23.8 Å². The third-order valence-electron chi connectivity index (χ3n) is 9.74. The van der Waals surface area contributed by atoms with E-state index in [-0.39, 0.29) is 0 Å². The van der Waals surface area contributed by atoms with Crippen molar-refractivity contribution in [2.75, 3.05) is 55.2 Å². The second-order valence-electron chi connectivity index (χ2n) is 14.1. The molecule has 0 saturated carbocycles. The summed E-state index contributed by atoms with van der Waals surface area (Å²) in [5.41, 5.74) is 13.2. The molecule has 4 N–H and O–H groups in total. The van der Waals surface area contributed by atoms with Crippen LogP contribution in [0.15, 0.2) is 112 Å². The summed E-state index contributed by atoms with van der Waals surface area (Å²) in [6.07, 6.45) is 8.96. The molecule has 0 saturated heterocycles. The van der Waals surface area contributed by atoms with Gasteiger partial charge < -0.3 is 20.4 Å². The standard InChI is InChI=1S/C21H20N8S.C21H19N7S/c1-28(2)17-5-4-13(14-7-9-30-11-14)10-16(17)24-20-18-19(15-6-8-29(3)27-15)25-26-21(18)23-12-22-20;1-28(2)17-6-5-13(14-7-9-29-11-14)10-16(17)25-20-18-19(15-4-3-8-22-15)26-27-21(18)24-12-23-20/h4-12H,1-3H3,(H2,22,23,24,25,26);3-7,9-12H,8H2,1-2H3,(H2,23,24,25,26,27). The fraction of sp³-hybridized carbons (Fsp3) is 0.143. The van der Waals surface area contributed by atoms with Crippen LogP contribution < -0.4 is 20.4 Å². The highest BCUT2D eigenvalue weighted by atomic mass is 32.1. The molecule has 0 amide bonds. The minimum Gasteiger partial charge on any atom is -0.376 e. The van der Waals surface area contributed by atoms with Gasteiger partial charge in [-0.15, -0.1) is 0 Å². The molecule has 0 unspecified atom stereocenters. The van der Waals surface area contributed by atoms with Gasteiger partial charge in [0.15, 0.2) is 11.3 Å². The molecule has 9 aromatic rings. The van der Waals surface area contributed by atoms with Crippen molar-refractivity contribution in [3.05, 3.63) is 113 Å². The molecule has 1 aliphatic heterocycles. The van der Waals surface area contributed by atoms with E-state index in [0.29, 0.717) is 29.5 Å². The fourth-order valence-electron chi connectivity index (χ4n) is 6.88. The van der Waals surface area contributed by atoms with Crippen LogP contribution >= 0.6 is 22.7 Å². The summed E-state index contributed by atoms with van der Waals surface area (Å²) in [5, 5.41) is 36.5. The molecule has 0 atom stereocenters. The van der Waals surface area contributed by atoms with Gasteiger partial charge in [0.25, 0.3) is 0 Å². The molecule has 10 rings (SSSR count). The number of hydrogen-bond acceptors (Lipinski definition) is 14. The van der Waals surface area contributed by atoms with Crippen LogP contribution in [0.4, 0.5) is 34.4 Å². The Bertz CT molecular complexity index is 2950. The number of H-pyrrole nitrogens is 2. The normalized spacial score (nSPS) is 12.1. The first-order valence-corrected chi connectivity index (χ1v) is 20.5. The number of nitrogens with one attached hydrogen (secondary N) is 4. The lowest BCUT2D eigenvalue weighted by molar-refractivity contribution is 0.770. The van der Waals surface area contributed by atoms with Crippen molar-refractivity contribution >= 4 is 84.8 Å². The largest absolute Gasteiger partial charge is 0.376 e. The number of aromatic nitrogens is 10. The molecular formula is C42H39N15S2. The Morgan fingerprint density at radius 2 is 1.22 bits per heavy atom. The van der Waals surface area contributed by atoms with Gasteiger partial charge in [-0.1, -0.05) is 18.2 Å². The molecule has 1 aliphatic rings. The van der Waals surface area contributed by atoms with Crippen LogP contribution in [0.3, 0.4) is 0 Å². The van der Waals surface area contributed by atoms with E-state index in [2.05, 4.69) is 141 Å². The molecule has 15 nitrogen and oxygen atoms in total. The first-order chi connectivity index (χ1) is 28.8. The lowest BCUT2D eigenvalue weighted by Gasteiger charge is -2.19. The Balaban J connectivity index is 0.000000152. The van der Waals surface area contributed by atoms with Gasteiger partial charge in [-0.25, -0.2) is 19.9 Å². The number of thiophene rings is 2. The molecule has 0 spiro atoms. The van der Waals surface area contributed by atoms with Crippen LogP contribution in [0.25, 0.3) is 55.7 Å². The van der Waals surface area contributed by atoms with E-state index < -0.39 is 0 Å². The van der Waals surface area contributed by atoms with Gasteiger partial charge in [-0.2, -0.15) is 38.0 Å². The Morgan fingerprint density at radius 3 is 1.69 bits per heavy atom. The first kappa shape index (κ1) is 37.3. The van der Waals surface area contributed by atoms with Crippen LogP contribution in [0.2, 0.25) is 0 Å². The zero-order valence-corrected chi connectivity index (χ0v) is 34.5. The lowest BCUT2D eigenvalue weighted by atomic mass is 10.1. The number of allylic oxidation sites excluding steroid dienone is 1. The number of anilines is 6. The fourth-order valence-corrected chi connectivity index (χ4v) is 8.21. The molecule has 0 radical (unpaired) electrons. The summed E-state index contributed by atoms with van der Waals surface area (Å²) in [4.78, 5) is 26.3. The van der Waals surface area contributed by atoms with E-state index in [9.17, 15) is 0 Å². The Kier molecular flexibility index (Phi) is 10.1. The van der Waals surface area contributed by atoms with E-state index >= 15 is 0 Å². The van der Waals surface area contributed by atoms with Gasteiger partial charge in [0.2, 0.25) is 0 Å². The summed E-state index contributed by atoms with van der Waals surface area (Å²) in [5.74, 6) is 1.38. The Labute approximate surface area is 347 Å². The monoisotopic (exact) mass is 817 g/mol. The third-order valence-corrected chi connectivity index (χ3v) is 11.1. The van der Waals surface area contributed by atoms with Crippen molar-refractivity contribution in [1.29, 1.82) is 0 Å². The van der Waals surface area contributed by atoms with E-state index in [4.69, 9.17) is 0 Å². The summed E-state index contributed by atoms with van der Waals surface area (Å²) in [7, 11) is 10.00. The van der Waals surface area contributed by atoms with E-state index in [1.54, 1.807) is 27.4 Å². The number of hydrogen-bond donors (Lipinski definition) is 4. The summed E-state index contributed by atoms with van der Waals surface area (Å²) in [6.45, 7) is 0.680. The maximum Gasteiger partial charge on any atom is 0.186 e. The Morgan fingerprint density at radius 1 is 0.661 bits per heavy atom. The number of fused-ring (bicyclic) bond motifs is 2. The predicted molar refractivity (Wildman–Crippen MR) is 241 cm³/mol. The number of aliphatic imine (C=N–C) groups is 1. The molecule has 17 heteroatoms. The smallest absolute Gasteiger partial charge is 0.186 e. The second kappa shape index (κ2) is 16.0. The lowest BCUT2D eigenvalue weighted by Crippen LogP contribution is -2.11. The van der Waals surface area contributed by atoms with Crippen molar-refractivity contribution in [3.8, 4) is 33.6 Å². The number of nitrogens with zero attached hydrogens (tertiary/aromatic N) is 11. The zero-order chi connectivity index (χ0) is 40.5. The van der Waals surface area contributed by atoms with Crippen LogP contribution in [0.1, 0.15) is 5.69 Å². The van der Waals surface area contributed by atoms with Crippen LogP contribution in [0, 0.1) is 0 Å². The van der Waals surface area contributed by atoms with Crippen LogP contribution in [-0.4, -0.2) is 90.6 Å². The molecule has 0 aliphatic carbocycles. The molecule has 8 heterocycles. The molecule has 294 valence electrons. The third kappa shape index (κ3) is 7.51. The highest BCUT2D eigenvalue weighted by Crippen LogP contribution is 2.37.